The number of hydrogen-bond acceptors (Lipinski definition) is 3. The largest absolute Gasteiger partial charge is 0.448 e. The molecule has 1 aliphatic rings. The maximum Gasteiger partial charge on any atom is 0.411 e. The number of likely N-dealkylation sites (tertiary alicyclic amines) is 1. The Kier molecular flexibility index (Phi) is 5.28. The van der Waals surface area contributed by atoms with Crippen LogP contribution in [0.4, 0.5) is 19.3 Å². The Balaban J connectivity index is 1.72. The van der Waals surface area contributed by atoms with Crippen LogP contribution in [0.5, 0.6) is 0 Å². The van der Waals surface area contributed by atoms with Crippen molar-refractivity contribution in [1.29, 1.82) is 0 Å². The Morgan fingerprint density at radius 3 is 2.72 bits per heavy atom. The number of rotatable bonds is 4. The molecule has 0 aliphatic carbocycles. The molecule has 1 fully saturated rings. The second-order valence-electron chi connectivity index (χ2n) is 6.15. The fourth-order valence-corrected chi connectivity index (χ4v) is 3.05. The van der Waals surface area contributed by atoms with E-state index in [1.807, 2.05) is 7.05 Å². The molecule has 0 radical (unpaired) electrons. The van der Waals surface area contributed by atoms with Crippen molar-refractivity contribution in [3.63, 3.8) is 0 Å². The van der Waals surface area contributed by atoms with E-state index in [0.29, 0.717) is 17.9 Å². The summed E-state index contributed by atoms with van der Waals surface area (Å²) < 4.78 is 32.9. The predicted octanol–water partition coefficient (Wildman–Crippen LogP) is 4.27. The molecule has 1 N–H and O–H groups in total. The molecule has 132 valence electrons. The van der Waals surface area contributed by atoms with Crippen LogP contribution in [-0.2, 0) is 4.74 Å². The summed E-state index contributed by atoms with van der Waals surface area (Å²) in [6, 6.07) is 10.8. The molecule has 2 aromatic rings. The number of hydrogen-bond donors (Lipinski definition) is 1. The highest BCUT2D eigenvalue weighted by molar-refractivity contribution is 5.91. The molecule has 0 bridgehead atoms. The van der Waals surface area contributed by atoms with Crippen LogP contribution in [0.15, 0.2) is 42.5 Å². The number of benzene rings is 2. The summed E-state index contributed by atoms with van der Waals surface area (Å²) in [6.45, 7) is 1.30. The molecular formula is C19H20F2N2O2. The molecule has 25 heavy (non-hydrogen) atoms. The van der Waals surface area contributed by atoms with Gasteiger partial charge in [0.05, 0.1) is 5.69 Å². The van der Waals surface area contributed by atoms with E-state index in [4.69, 9.17) is 4.74 Å². The average molecular weight is 346 g/mol. The molecule has 1 amide bonds. The predicted molar refractivity (Wildman–Crippen MR) is 92.4 cm³/mol. The quantitative estimate of drug-likeness (QED) is 0.899. The lowest BCUT2D eigenvalue weighted by Crippen LogP contribution is -2.31. The van der Waals surface area contributed by atoms with E-state index < -0.39 is 17.7 Å². The smallest absolute Gasteiger partial charge is 0.411 e. The van der Waals surface area contributed by atoms with Gasteiger partial charge in [0.2, 0.25) is 0 Å². The summed E-state index contributed by atoms with van der Waals surface area (Å²) in [6.07, 6.45) is 1.48. The van der Waals surface area contributed by atoms with Gasteiger partial charge in [0.1, 0.15) is 6.61 Å². The van der Waals surface area contributed by atoms with Gasteiger partial charge in [0.15, 0.2) is 11.6 Å². The summed E-state index contributed by atoms with van der Waals surface area (Å²) in [5.41, 5.74) is 0.859. The Morgan fingerprint density at radius 1 is 1.20 bits per heavy atom. The normalized spacial score (nSPS) is 17.5. The van der Waals surface area contributed by atoms with Crippen molar-refractivity contribution in [1.82, 2.24) is 4.90 Å². The average Bonchev–Trinajstić information content (AvgIpc) is 3.01. The molecule has 1 atom stereocenters. The van der Waals surface area contributed by atoms with Gasteiger partial charge in [-0.3, -0.25) is 5.32 Å². The number of amides is 1. The first-order chi connectivity index (χ1) is 12.1. The fraction of sp³-hybridized carbons (Fsp3) is 0.316. The molecule has 6 heteroatoms. The summed E-state index contributed by atoms with van der Waals surface area (Å²) in [4.78, 5) is 14.2. The number of halogens is 2. The van der Waals surface area contributed by atoms with Crippen LogP contribution >= 0.6 is 0 Å². The number of anilines is 1. The van der Waals surface area contributed by atoms with E-state index in [0.717, 1.165) is 25.5 Å². The molecule has 0 saturated carbocycles. The monoisotopic (exact) mass is 346 g/mol. The van der Waals surface area contributed by atoms with Crippen molar-refractivity contribution in [2.24, 2.45) is 0 Å². The van der Waals surface area contributed by atoms with E-state index in [2.05, 4.69) is 10.2 Å². The van der Waals surface area contributed by atoms with Gasteiger partial charge < -0.3 is 9.64 Å². The number of carbonyl (C=O) groups is 1. The Morgan fingerprint density at radius 2 is 1.96 bits per heavy atom. The van der Waals surface area contributed by atoms with Crippen LogP contribution in [0, 0.1) is 11.6 Å². The maximum atomic E-state index is 14.1. The number of nitrogens with one attached hydrogen (secondary N) is 1. The molecule has 4 nitrogen and oxygen atoms in total. The highest BCUT2D eigenvalue weighted by Crippen LogP contribution is 2.31. The van der Waals surface area contributed by atoms with Crippen LogP contribution < -0.4 is 5.32 Å². The first kappa shape index (κ1) is 17.4. The molecule has 3 rings (SSSR count). The number of nitrogens with zero attached hydrogens (tertiary/aromatic N) is 1. The highest BCUT2D eigenvalue weighted by atomic mass is 19.2. The summed E-state index contributed by atoms with van der Waals surface area (Å²) >= 11 is 0. The molecule has 1 unspecified atom stereocenters. The van der Waals surface area contributed by atoms with Gasteiger partial charge in [-0.1, -0.05) is 30.3 Å². The molecule has 0 aromatic heterocycles. The highest BCUT2D eigenvalue weighted by Gasteiger charge is 2.22. The molecule has 2 aromatic carbocycles. The molecular weight excluding hydrogens is 326 g/mol. The number of likely N-dealkylation sites (N-methyl/N-ethyl adjacent to an activating group) is 1. The third kappa shape index (κ3) is 3.96. The summed E-state index contributed by atoms with van der Waals surface area (Å²) in [5.74, 6) is -1.88. The van der Waals surface area contributed by atoms with Crippen molar-refractivity contribution >= 4 is 11.8 Å². The zero-order valence-electron chi connectivity index (χ0n) is 14.0. The van der Waals surface area contributed by atoms with Crippen molar-refractivity contribution in [2.75, 3.05) is 25.5 Å². The lowest BCUT2D eigenvalue weighted by atomic mass is 10.0. The third-order valence-electron chi connectivity index (χ3n) is 4.48. The van der Waals surface area contributed by atoms with E-state index >= 15 is 0 Å². The van der Waals surface area contributed by atoms with E-state index in [1.54, 1.807) is 24.3 Å². The summed E-state index contributed by atoms with van der Waals surface area (Å²) in [5, 5.41) is 2.63. The number of carbonyl (C=O) groups excluding carboxylic acids is 1. The van der Waals surface area contributed by atoms with Gasteiger partial charge in [-0.05, 0) is 38.6 Å². The second-order valence-corrected chi connectivity index (χ2v) is 6.15. The van der Waals surface area contributed by atoms with Gasteiger partial charge in [0, 0.05) is 17.2 Å². The SMILES string of the molecule is CN1CCCC1COC(=O)Nc1ccccc1-c1cccc(F)c1F. The standard InChI is InChI=1S/C19H20F2N2O2/c1-23-11-5-6-13(23)12-25-19(24)22-17-10-3-2-7-14(17)15-8-4-9-16(20)18(15)21/h2-4,7-10,13H,5-6,11-12H2,1H3,(H,22,24). The first-order valence-electron chi connectivity index (χ1n) is 8.23. The molecule has 1 heterocycles. The minimum absolute atomic E-state index is 0.0893. The Hall–Kier alpha value is -2.47. The van der Waals surface area contributed by atoms with Crippen molar-refractivity contribution in [3.05, 3.63) is 54.1 Å². The van der Waals surface area contributed by atoms with Crippen LogP contribution in [-0.4, -0.2) is 37.2 Å². The Bertz CT molecular complexity index is 767. The van der Waals surface area contributed by atoms with Crippen LogP contribution in [0.1, 0.15) is 12.8 Å². The van der Waals surface area contributed by atoms with Crippen molar-refractivity contribution in [2.45, 2.75) is 18.9 Å². The molecule has 1 aliphatic heterocycles. The van der Waals surface area contributed by atoms with Crippen molar-refractivity contribution < 1.29 is 18.3 Å². The van der Waals surface area contributed by atoms with Gasteiger partial charge in [0.25, 0.3) is 0 Å². The zero-order chi connectivity index (χ0) is 17.8. The van der Waals surface area contributed by atoms with Crippen LogP contribution in [0.3, 0.4) is 0 Å². The Labute approximate surface area is 145 Å². The minimum Gasteiger partial charge on any atom is -0.448 e. The van der Waals surface area contributed by atoms with E-state index in [9.17, 15) is 13.6 Å². The van der Waals surface area contributed by atoms with Gasteiger partial charge >= 0.3 is 6.09 Å². The third-order valence-corrected chi connectivity index (χ3v) is 4.48. The maximum absolute atomic E-state index is 14.1. The lowest BCUT2D eigenvalue weighted by Gasteiger charge is -2.19. The van der Waals surface area contributed by atoms with Gasteiger partial charge in [-0.15, -0.1) is 0 Å². The van der Waals surface area contributed by atoms with Gasteiger partial charge in [-0.25, -0.2) is 13.6 Å². The topological polar surface area (TPSA) is 41.6 Å². The van der Waals surface area contributed by atoms with Crippen molar-refractivity contribution in [3.8, 4) is 11.1 Å². The number of ether oxygens (including phenoxy) is 1. The van der Waals surface area contributed by atoms with Crippen LogP contribution in [0.2, 0.25) is 0 Å². The number of para-hydroxylation sites is 1. The second kappa shape index (κ2) is 7.61. The summed E-state index contributed by atoms with van der Waals surface area (Å²) in [7, 11) is 2.00. The molecule has 0 spiro atoms. The molecule has 1 saturated heterocycles. The first-order valence-corrected chi connectivity index (χ1v) is 8.23. The lowest BCUT2D eigenvalue weighted by molar-refractivity contribution is 0.127. The van der Waals surface area contributed by atoms with E-state index in [-0.39, 0.29) is 11.6 Å². The minimum atomic E-state index is -0.947. The fourth-order valence-electron chi connectivity index (χ4n) is 3.05. The zero-order valence-corrected chi connectivity index (χ0v) is 14.0. The van der Waals surface area contributed by atoms with E-state index in [1.165, 1.54) is 12.1 Å². The van der Waals surface area contributed by atoms with Gasteiger partial charge in [-0.2, -0.15) is 0 Å². The van der Waals surface area contributed by atoms with Crippen LogP contribution in [0.25, 0.3) is 11.1 Å².